The van der Waals surface area contributed by atoms with E-state index in [1.54, 1.807) is 10.6 Å². The maximum atomic E-state index is 12.2. The first kappa shape index (κ1) is 11.8. The predicted octanol–water partition coefficient (Wildman–Crippen LogP) is 2.16. The van der Waals surface area contributed by atoms with Crippen molar-refractivity contribution in [2.24, 2.45) is 4.99 Å². The molecule has 2 fully saturated rings. The summed E-state index contributed by atoms with van der Waals surface area (Å²) in [4.78, 5) is 16.1. The molecule has 2 aliphatic carbocycles. The van der Waals surface area contributed by atoms with Gasteiger partial charge in [0.1, 0.15) is 5.69 Å². The zero-order chi connectivity index (χ0) is 12.7. The lowest BCUT2D eigenvalue weighted by Crippen LogP contribution is -2.39. The Hall–Kier alpha value is -1.29. The van der Waals surface area contributed by atoms with E-state index in [2.05, 4.69) is 22.4 Å². The molecule has 94 valence electrons. The fraction of sp³-hybridized carbons (Fsp3) is 0.538. The lowest BCUT2D eigenvalue weighted by molar-refractivity contribution is 0.0299. The summed E-state index contributed by atoms with van der Waals surface area (Å²) >= 11 is 4.58. The number of isothiocyanates is 1. The molecule has 1 heterocycles. The van der Waals surface area contributed by atoms with Gasteiger partial charge >= 0.3 is 0 Å². The van der Waals surface area contributed by atoms with Gasteiger partial charge in [-0.15, -0.1) is 0 Å². The Kier molecular flexibility index (Phi) is 2.90. The molecule has 1 N–H and O–H groups in total. The first-order chi connectivity index (χ1) is 8.70. The van der Waals surface area contributed by atoms with Crippen molar-refractivity contribution in [2.45, 2.75) is 43.7 Å². The Bertz CT molecular complexity index is 585. The molecule has 0 saturated heterocycles. The molecule has 2 aliphatic rings. The molecule has 1 aromatic rings. The number of rotatable bonds is 3. The van der Waals surface area contributed by atoms with Gasteiger partial charge in [-0.05, 0) is 55.4 Å². The molecule has 0 unspecified atom stereocenters. The summed E-state index contributed by atoms with van der Waals surface area (Å²) < 4.78 is 1.63. The molecule has 0 bridgehead atoms. The summed E-state index contributed by atoms with van der Waals surface area (Å²) in [7, 11) is 0. The smallest absolute Gasteiger partial charge is 0.277 e. The van der Waals surface area contributed by atoms with Gasteiger partial charge in [0.2, 0.25) is 0 Å². The molecule has 0 spiro atoms. The van der Waals surface area contributed by atoms with Crippen LogP contribution in [0.1, 0.15) is 43.2 Å². The highest BCUT2D eigenvalue weighted by Gasteiger charge is 2.33. The third-order valence-corrected chi connectivity index (χ3v) is 3.91. The van der Waals surface area contributed by atoms with Gasteiger partial charge in [-0.2, -0.15) is 4.99 Å². The fourth-order valence-electron chi connectivity index (χ4n) is 2.41. The quantitative estimate of drug-likeness (QED) is 0.671. The monoisotopic (exact) mass is 262 g/mol. The molecule has 4 nitrogen and oxygen atoms in total. The zero-order valence-corrected chi connectivity index (χ0v) is 10.7. The number of pyridine rings is 1. The van der Waals surface area contributed by atoms with Crippen LogP contribution in [0, 0.1) is 0 Å². The largest absolute Gasteiger partial charge is 0.391 e. The molecule has 18 heavy (non-hydrogen) atoms. The molecule has 0 radical (unpaired) electrons. The van der Waals surface area contributed by atoms with Crippen molar-refractivity contribution in [1.29, 1.82) is 0 Å². The van der Waals surface area contributed by atoms with Gasteiger partial charge in [0, 0.05) is 6.20 Å². The normalized spacial score (nSPS) is 26.3. The van der Waals surface area contributed by atoms with Crippen LogP contribution in [0.3, 0.4) is 0 Å². The zero-order valence-electron chi connectivity index (χ0n) is 9.87. The molecule has 3 rings (SSSR count). The van der Waals surface area contributed by atoms with E-state index in [1.165, 1.54) is 0 Å². The first-order valence-corrected chi connectivity index (χ1v) is 6.63. The summed E-state index contributed by atoms with van der Waals surface area (Å²) in [6.07, 6.45) is 5.39. The van der Waals surface area contributed by atoms with Crippen LogP contribution < -0.4 is 5.56 Å². The summed E-state index contributed by atoms with van der Waals surface area (Å²) in [5.74, 6) is 0.535. The van der Waals surface area contributed by atoms with Crippen molar-refractivity contribution < 1.29 is 5.11 Å². The minimum atomic E-state index is -0.415. The number of aliphatic hydroxyl groups is 1. The summed E-state index contributed by atoms with van der Waals surface area (Å²) in [5, 5.41) is 12.0. The second-order valence-corrected chi connectivity index (χ2v) is 5.24. The third-order valence-electron chi connectivity index (χ3n) is 3.82. The SMILES string of the molecule is O=c1c(N=C=S)cc(C2CC2)cn1[C@@H]1CC[C@@H]1O. The molecule has 2 atom stereocenters. The van der Waals surface area contributed by atoms with Crippen molar-refractivity contribution in [3.63, 3.8) is 0 Å². The summed E-state index contributed by atoms with van der Waals surface area (Å²) in [6.45, 7) is 0. The average Bonchev–Trinajstić information content (AvgIpc) is 3.16. The van der Waals surface area contributed by atoms with Crippen molar-refractivity contribution in [2.75, 3.05) is 0 Å². The predicted molar refractivity (Wildman–Crippen MR) is 71.6 cm³/mol. The maximum absolute atomic E-state index is 12.2. The van der Waals surface area contributed by atoms with Gasteiger partial charge in [-0.3, -0.25) is 4.79 Å². The fourth-order valence-corrected chi connectivity index (χ4v) is 2.51. The molecule has 1 aromatic heterocycles. The number of aliphatic imine (C=N–C) groups is 1. The van der Waals surface area contributed by atoms with E-state index in [4.69, 9.17) is 0 Å². The second kappa shape index (κ2) is 4.43. The van der Waals surface area contributed by atoms with Crippen molar-refractivity contribution >= 4 is 23.1 Å². The van der Waals surface area contributed by atoms with Crippen LogP contribution in [0.25, 0.3) is 0 Å². The van der Waals surface area contributed by atoms with Gasteiger partial charge in [-0.25, -0.2) is 0 Å². The van der Waals surface area contributed by atoms with Crippen LogP contribution in [-0.2, 0) is 0 Å². The number of aliphatic hydroxyl groups excluding tert-OH is 1. The van der Waals surface area contributed by atoms with Crippen molar-refractivity contribution in [3.8, 4) is 0 Å². The van der Waals surface area contributed by atoms with E-state index in [1.807, 2.05) is 6.20 Å². The maximum Gasteiger partial charge on any atom is 0.277 e. The number of nitrogens with zero attached hydrogens (tertiary/aromatic N) is 2. The van der Waals surface area contributed by atoms with Crippen LogP contribution in [0.4, 0.5) is 5.69 Å². The highest BCUT2D eigenvalue weighted by atomic mass is 32.1. The molecular formula is C13H14N2O2S. The van der Waals surface area contributed by atoms with E-state index < -0.39 is 6.10 Å². The Labute approximate surface area is 110 Å². The highest BCUT2D eigenvalue weighted by Crippen LogP contribution is 2.41. The van der Waals surface area contributed by atoms with Crippen LogP contribution in [0.5, 0.6) is 0 Å². The van der Waals surface area contributed by atoms with Crippen LogP contribution in [0.15, 0.2) is 22.1 Å². The van der Waals surface area contributed by atoms with E-state index in [9.17, 15) is 9.90 Å². The van der Waals surface area contributed by atoms with Crippen LogP contribution in [0.2, 0.25) is 0 Å². The van der Waals surface area contributed by atoms with Gasteiger partial charge in [0.05, 0.1) is 17.3 Å². The number of thiocarbonyl (C=S) groups is 1. The standard InChI is InChI=1S/C13H14N2O2S/c16-12-4-3-11(12)15-6-9(8-1-2-8)5-10(13(15)17)14-7-18/h5-6,8,11-12,16H,1-4H2/t11-,12+/m1/s1. The van der Waals surface area contributed by atoms with E-state index >= 15 is 0 Å². The molecule has 0 amide bonds. The molecule has 5 heteroatoms. The minimum absolute atomic E-state index is 0.102. The van der Waals surface area contributed by atoms with Crippen LogP contribution in [-0.4, -0.2) is 20.9 Å². The van der Waals surface area contributed by atoms with E-state index in [0.29, 0.717) is 11.6 Å². The minimum Gasteiger partial charge on any atom is -0.391 e. The van der Waals surface area contributed by atoms with Crippen LogP contribution >= 0.6 is 12.2 Å². The lowest BCUT2D eigenvalue weighted by Gasteiger charge is -2.34. The van der Waals surface area contributed by atoms with Gasteiger partial charge in [0.25, 0.3) is 5.56 Å². The lowest BCUT2D eigenvalue weighted by atomic mass is 9.88. The summed E-state index contributed by atoms with van der Waals surface area (Å²) in [5.41, 5.74) is 1.28. The highest BCUT2D eigenvalue weighted by molar-refractivity contribution is 7.78. The Morgan fingerprint density at radius 2 is 2.17 bits per heavy atom. The van der Waals surface area contributed by atoms with Gasteiger partial charge in [0.15, 0.2) is 0 Å². The first-order valence-electron chi connectivity index (χ1n) is 6.22. The number of hydrogen-bond acceptors (Lipinski definition) is 4. The summed E-state index contributed by atoms with van der Waals surface area (Å²) in [6, 6.07) is 1.70. The number of hydrogen-bond donors (Lipinski definition) is 1. The van der Waals surface area contributed by atoms with E-state index in [0.717, 1.165) is 31.2 Å². The Morgan fingerprint density at radius 3 is 2.67 bits per heavy atom. The molecule has 0 aliphatic heterocycles. The van der Waals surface area contributed by atoms with Crippen molar-refractivity contribution in [3.05, 3.63) is 28.2 Å². The Balaban J connectivity index is 2.10. The average molecular weight is 262 g/mol. The van der Waals surface area contributed by atoms with E-state index in [-0.39, 0.29) is 11.6 Å². The molecular weight excluding hydrogens is 248 g/mol. The molecule has 2 saturated carbocycles. The third kappa shape index (κ3) is 1.94. The van der Waals surface area contributed by atoms with Crippen molar-refractivity contribution in [1.82, 2.24) is 4.57 Å². The Morgan fingerprint density at radius 1 is 1.39 bits per heavy atom. The van der Waals surface area contributed by atoms with Gasteiger partial charge < -0.3 is 9.67 Å². The molecule has 0 aromatic carbocycles. The number of aromatic nitrogens is 1. The topological polar surface area (TPSA) is 54.6 Å². The second-order valence-electron chi connectivity index (χ2n) is 5.06. The van der Waals surface area contributed by atoms with Gasteiger partial charge in [-0.1, -0.05) is 0 Å².